The molecule has 1 aliphatic heterocycles. The Balaban J connectivity index is 2.21. The van der Waals surface area contributed by atoms with Crippen molar-refractivity contribution in [2.45, 2.75) is 39.5 Å². The molecule has 2 aliphatic rings. The summed E-state index contributed by atoms with van der Waals surface area (Å²) in [4.78, 5) is 29.7. The fourth-order valence-corrected chi connectivity index (χ4v) is 3.54. The fourth-order valence-electron chi connectivity index (χ4n) is 3.54. The lowest BCUT2D eigenvalue weighted by atomic mass is 9.67. The van der Waals surface area contributed by atoms with E-state index in [9.17, 15) is 9.59 Å². The van der Waals surface area contributed by atoms with Crippen molar-refractivity contribution < 1.29 is 14.3 Å². The van der Waals surface area contributed by atoms with Crippen LogP contribution in [0.4, 0.5) is 0 Å². The highest BCUT2D eigenvalue weighted by Gasteiger charge is 2.44. The maximum Gasteiger partial charge on any atom is 0.336 e. The summed E-state index contributed by atoms with van der Waals surface area (Å²) in [5.41, 5.74) is 3.20. The number of carbonyl (C=O) groups excluding carboxylic acids is 2. The second kappa shape index (κ2) is 5.89. The molecule has 0 saturated carbocycles. The number of hydrogen-bond acceptors (Lipinski definition) is 5. The molecule has 1 aliphatic carbocycles. The minimum absolute atomic E-state index is 0.0824. The van der Waals surface area contributed by atoms with Gasteiger partial charge < -0.3 is 10.1 Å². The third-order valence-electron chi connectivity index (χ3n) is 4.93. The van der Waals surface area contributed by atoms with Gasteiger partial charge in [0.25, 0.3) is 0 Å². The van der Waals surface area contributed by atoms with Crippen LogP contribution in [0.2, 0.25) is 0 Å². The van der Waals surface area contributed by atoms with Gasteiger partial charge in [0, 0.05) is 40.7 Å². The third-order valence-corrected chi connectivity index (χ3v) is 4.93. The van der Waals surface area contributed by atoms with Gasteiger partial charge in [-0.05, 0) is 31.4 Å². The topological polar surface area (TPSA) is 68.3 Å². The Bertz CT molecular complexity index is 760. The van der Waals surface area contributed by atoms with Crippen molar-refractivity contribution in [3.8, 4) is 0 Å². The number of ketones is 1. The zero-order valence-corrected chi connectivity index (χ0v) is 14.5. The van der Waals surface area contributed by atoms with Crippen molar-refractivity contribution in [3.05, 3.63) is 52.6 Å². The van der Waals surface area contributed by atoms with E-state index in [4.69, 9.17) is 4.74 Å². The van der Waals surface area contributed by atoms with E-state index >= 15 is 0 Å². The average Bonchev–Trinajstić information content (AvgIpc) is 2.57. The molecule has 3 rings (SSSR count). The maximum atomic E-state index is 13.1. The standard InChI is InChI=1S/C19H22N2O3/c1-11-14(18(23)24-4)15(12-6-5-9-20-10-12)16-13(21-11)7-8-19(2,3)17(16)22/h5-6,9-10,15,21H,7-8H2,1-4H3. The van der Waals surface area contributed by atoms with E-state index in [0.29, 0.717) is 11.1 Å². The molecule has 0 radical (unpaired) electrons. The highest BCUT2D eigenvalue weighted by Crippen LogP contribution is 2.46. The largest absolute Gasteiger partial charge is 0.466 e. The molecule has 0 saturated heterocycles. The van der Waals surface area contributed by atoms with Crippen LogP contribution in [-0.4, -0.2) is 23.8 Å². The van der Waals surface area contributed by atoms with Gasteiger partial charge in [-0.15, -0.1) is 0 Å². The third kappa shape index (κ3) is 2.54. The number of rotatable bonds is 2. The van der Waals surface area contributed by atoms with Gasteiger partial charge in [-0.2, -0.15) is 0 Å². The van der Waals surface area contributed by atoms with Gasteiger partial charge in [-0.3, -0.25) is 9.78 Å². The Morgan fingerprint density at radius 3 is 2.79 bits per heavy atom. The molecular formula is C19H22N2O3. The Morgan fingerprint density at radius 1 is 1.42 bits per heavy atom. The summed E-state index contributed by atoms with van der Waals surface area (Å²) in [6.07, 6.45) is 4.97. The number of Topliss-reactive ketones (excluding diaryl/α,β-unsaturated/α-hetero) is 1. The second-order valence-corrected chi connectivity index (χ2v) is 6.98. The minimum atomic E-state index is -0.437. The van der Waals surface area contributed by atoms with Crippen LogP contribution < -0.4 is 5.32 Å². The van der Waals surface area contributed by atoms with Crippen LogP contribution in [0.25, 0.3) is 0 Å². The first-order chi connectivity index (χ1) is 11.4. The summed E-state index contributed by atoms with van der Waals surface area (Å²) >= 11 is 0. The SMILES string of the molecule is COC(=O)C1=C(C)NC2=C(C(=O)C(C)(C)CC2)C1c1cccnc1. The molecule has 0 fully saturated rings. The highest BCUT2D eigenvalue weighted by molar-refractivity contribution is 6.06. The van der Waals surface area contributed by atoms with Gasteiger partial charge in [0.1, 0.15) is 0 Å². The van der Waals surface area contributed by atoms with Crippen molar-refractivity contribution in [2.75, 3.05) is 7.11 Å². The maximum absolute atomic E-state index is 13.1. The molecule has 1 N–H and O–H groups in total. The number of aromatic nitrogens is 1. The average molecular weight is 326 g/mol. The summed E-state index contributed by atoms with van der Waals surface area (Å²) in [6, 6.07) is 3.72. The van der Waals surface area contributed by atoms with Crippen LogP contribution in [0.15, 0.2) is 47.1 Å². The molecule has 1 aromatic rings. The summed E-state index contributed by atoms with van der Waals surface area (Å²) < 4.78 is 4.99. The van der Waals surface area contributed by atoms with Crippen LogP contribution >= 0.6 is 0 Å². The summed E-state index contributed by atoms with van der Waals surface area (Å²) in [6.45, 7) is 5.77. The Morgan fingerprint density at radius 2 is 2.17 bits per heavy atom. The minimum Gasteiger partial charge on any atom is -0.466 e. The molecule has 2 heterocycles. The summed E-state index contributed by atoms with van der Waals surface area (Å²) in [5.74, 6) is -0.773. The number of methoxy groups -OCH3 is 1. The first kappa shape index (κ1) is 16.4. The molecule has 1 unspecified atom stereocenters. The molecule has 5 nitrogen and oxygen atoms in total. The number of pyridine rings is 1. The molecule has 126 valence electrons. The number of carbonyl (C=O) groups is 2. The van der Waals surface area contributed by atoms with E-state index in [1.807, 2.05) is 32.9 Å². The predicted octanol–water partition coefficient (Wildman–Crippen LogP) is 2.86. The molecule has 1 aromatic heterocycles. The monoisotopic (exact) mass is 326 g/mol. The molecule has 0 aromatic carbocycles. The van der Waals surface area contributed by atoms with Crippen molar-refractivity contribution in [1.29, 1.82) is 0 Å². The zero-order valence-electron chi connectivity index (χ0n) is 14.5. The molecule has 5 heteroatoms. The van der Waals surface area contributed by atoms with Gasteiger partial charge in [0.2, 0.25) is 0 Å². The second-order valence-electron chi connectivity index (χ2n) is 6.98. The van der Waals surface area contributed by atoms with Crippen LogP contribution in [0.1, 0.15) is 45.1 Å². The lowest BCUT2D eigenvalue weighted by Gasteiger charge is -2.39. The summed E-state index contributed by atoms with van der Waals surface area (Å²) in [5, 5.41) is 3.27. The number of dihydropyridines is 1. The lowest BCUT2D eigenvalue weighted by Crippen LogP contribution is -2.40. The van der Waals surface area contributed by atoms with Gasteiger partial charge in [-0.1, -0.05) is 19.9 Å². The Kier molecular flexibility index (Phi) is 4.03. The number of hydrogen-bond donors (Lipinski definition) is 1. The first-order valence-electron chi connectivity index (χ1n) is 8.10. The number of nitrogens with zero attached hydrogens (tertiary/aromatic N) is 1. The van der Waals surface area contributed by atoms with Gasteiger partial charge in [0.15, 0.2) is 5.78 Å². The van der Waals surface area contributed by atoms with E-state index in [-0.39, 0.29) is 5.78 Å². The molecule has 0 amide bonds. The molecule has 1 atom stereocenters. The van der Waals surface area contributed by atoms with E-state index < -0.39 is 17.3 Å². The van der Waals surface area contributed by atoms with Gasteiger partial charge >= 0.3 is 5.97 Å². The van der Waals surface area contributed by atoms with Crippen LogP contribution in [0.5, 0.6) is 0 Å². The van der Waals surface area contributed by atoms with E-state index in [1.165, 1.54) is 7.11 Å². The van der Waals surface area contributed by atoms with E-state index in [1.54, 1.807) is 12.4 Å². The van der Waals surface area contributed by atoms with Crippen molar-refractivity contribution >= 4 is 11.8 Å². The molecule has 0 bridgehead atoms. The van der Waals surface area contributed by atoms with Crippen LogP contribution in [0, 0.1) is 5.41 Å². The first-order valence-corrected chi connectivity index (χ1v) is 8.10. The van der Waals surface area contributed by atoms with Crippen molar-refractivity contribution in [1.82, 2.24) is 10.3 Å². The molecule has 0 spiro atoms. The zero-order chi connectivity index (χ0) is 17.5. The summed E-state index contributed by atoms with van der Waals surface area (Å²) in [7, 11) is 1.36. The molecule has 24 heavy (non-hydrogen) atoms. The van der Waals surface area contributed by atoms with Crippen molar-refractivity contribution in [2.24, 2.45) is 5.41 Å². The van der Waals surface area contributed by atoms with E-state index in [2.05, 4.69) is 10.3 Å². The van der Waals surface area contributed by atoms with Crippen LogP contribution in [-0.2, 0) is 14.3 Å². The smallest absolute Gasteiger partial charge is 0.336 e. The lowest BCUT2D eigenvalue weighted by molar-refractivity contribution is -0.136. The van der Waals surface area contributed by atoms with Crippen LogP contribution in [0.3, 0.4) is 0 Å². The van der Waals surface area contributed by atoms with E-state index in [0.717, 1.165) is 29.8 Å². The normalized spacial score (nSPS) is 22.8. The number of nitrogens with one attached hydrogen (secondary N) is 1. The number of ether oxygens (including phenoxy) is 1. The number of esters is 1. The molecular weight excluding hydrogens is 304 g/mol. The van der Waals surface area contributed by atoms with Gasteiger partial charge in [0.05, 0.1) is 12.7 Å². The predicted molar refractivity (Wildman–Crippen MR) is 89.9 cm³/mol. The quantitative estimate of drug-likeness (QED) is 0.847. The number of allylic oxidation sites excluding steroid dienone is 3. The fraction of sp³-hybridized carbons (Fsp3) is 0.421. The van der Waals surface area contributed by atoms with Gasteiger partial charge in [-0.25, -0.2) is 4.79 Å². The highest BCUT2D eigenvalue weighted by atomic mass is 16.5. The Hall–Kier alpha value is -2.43. The Labute approximate surface area is 141 Å². The van der Waals surface area contributed by atoms with Crippen molar-refractivity contribution in [3.63, 3.8) is 0 Å².